The lowest BCUT2D eigenvalue weighted by Gasteiger charge is -2.22. The standard InChI is InChI=1S/C14H20O2/c1-2-10-16-11-13(15)14(8-9-14)12-6-4-3-5-7-12/h3-7,13,15H,2,8-11H2,1H3. The van der Waals surface area contributed by atoms with Gasteiger partial charge in [0.05, 0.1) is 12.7 Å². The Morgan fingerprint density at radius 3 is 2.56 bits per heavy atom. The molecule has 0 heterocycles. The third-order valence-corrected chi connectivity index (χ3v) is 3.40. The average Bonchev–Trinajstić information content (AvgIpc) is 3.12. The quantitative estimate of drug-likeness (QED) is 0.746. The third kappa shape index (κ3) is 2.28. The summed E-state index contributed by atoms with van der Waals surface area (Å²) >= 11 is 0. The van der Waals surface area contributed by atoms with Crippen molar-refractivity contribution in [1.82, 2.24) is 0 Å². The molecule has 2 heteroatoms. The van der Waals surface area contributed by atoms with Gasteiger partial charge in [0.2, 0.25) is 0 Å². The van der Waals surface area contributed by atoms with Crippen LogP contribution in [0.4, 0.5) is 0 Å². The van der Waals surface area contributed by atoms with Gasteiger partial charge in [0.25, 0.3) is 0 Å². The second-order valence-corrected chi connectivity index (χ2v) is 4.61. The van der Waals surface area contributed by atoms with E-state index >= 15 is 0 Å². The predicted octanol–water partition coefficient (Wildman–Crippen LogP) is 2.51. The van der Waals surface area contributed by atoms with Crippen molar-refractivity contribution in [2.75, 3.05) is 13.2 Å². The van der Waals surface area contributed by atoms with Gasteiger partial charge in [0.15, 0.2) is 0 Å². The van der Waals surface area contributed by atoms with E-state index in [1.807, 2.05) is 18.2 Å². The van der Waals surface area contributed by atoms with Gasteiger partial charge >= 0.3 is 0 Å². The average molecular weight is 220 g/mol. The summed E-state index contributed by atoms with van der Waals surface area (Å²) in [7, 11) is 0. The molecule has 1 aromatic rings. The van der Waals surface area contributed by atoms with Crippen molar-refractivity contribution in [3.05, 3.63) is 35.9 Å². The molecule has 2 nitrogen and oxygen atoms in total. The number of aliphatic hydroxyl groups excluding tert-OH is 1. The van der Waals surface area contributed by atoms with E-state index in [4.69, 9.17) is 4.74 Å². The Hall–Kier alpha value is -0.860. The van der Waals surface area contributed by atoms with Crippen LogP contribution in [0.25, 0.3) is 0 Å². The minimum atomic E-state index is -0.360. The lowest BCUT2D eigenvalue weighted by Crippen LogP contribution is -2.30. The second-order valence-electron chi connectivity index (χ2n) is 4.61. The molecule has 0 aromatic heterocycles. The minimum Gasteiger partial charge on any atom is -0.390 e. The largest absolute Gasteiger partial charge is 0.390 e. The highest BCUT2D eigenvalue weighted by Gasteiger charge is 2.50. The zero-order valence-corrected chi connectivity index (χ0v) is 9.86. The molecule has 1 N–H and O–H groups in total. The molecule has 88 valence electrons. The van der Waals surface area contributed by atoms with Crippen molar-refractivity contribution in [2.45, 2.75) is 37.7 Å². The summed E-state index contributed by atoms with van der Waals surface area (Å²) in [6, 6.07) is 10.3. The summed E-state index contributed by atoms with van der Waals surface area (Å²) < 4.78 is 5.44. The summed E-state index contributed by atoms with van der Waals surface area (Å²) in [5.74, 6) is 0. The molecule has 0 aliphatic heterocycles. The Balaban J connectivity index is 1.97. The zero-order valence-electron chi connectivity index (χ0n) is 9.86. The number of hydrogen-bond acceptors (Lipinski definition) is 2. The summed E-state index contributed by atoms with van der Waals surface area (Å²) in [5, 5.41) is 10.2. The van der Waals surface area contributed by atoms with Crippen molar-refractivity contribution < 1.29 is 9.84 Å². The smallest absolute Gasteiger partial charge is 0.0869 e. The predicted molar refractivity (Wildman–Crippen MR) is 64.5 cm³/mol. The van der Waals surface area contributed by atoms with E-state index in [1.165, 1.54) is 5.56 Å². The Labute approximate surface area is 97.3 Å². The summed E-state index contributed by atoms with van der Waals surface area (Å²) in [6.45, 7) is 3.28. The first kappa shape index (κ1) is 11.6. The van der Waals surface area contributed by atoms with Crippen LogP contribution < -0.4 is 0 Å². The molecule has 1 saturated carbocycles. The van der Waals surface area contributed by atoms with Crippen molar-refractivity contribution >= 4 is 0 Å². The third-order valence-electron chi connectivity index (χ3n) is 3.40. The highest BCUT2D eigenvalue weighted by molar-refractivity contribution is 5.32. The fraction of sp³-hybridized carbons (Fsp3) is 0.571. The monoisotopic (exact) mass is 220 g/mol. The maximum Gasteiger partial charge on any atom is 0.0869 e. The normalized spacial score (nSPS) is 19.4. The van der Waals surface area contributed by atoms with Crippen LogP contribution in [0.3, 0.4) is 0 Å². The lowest BCUT2D eigenvalue weighted by molar-refractivity contribution is 0.0163. The van der Waals surface area contributed by atoms with E-state index in [1.54, 1.807) is 0 Å². The zero-order chi connectivity index (χ0) is 11.4. The van der Waals surface area contributed by atoms with Crippen LogP contribution in [-0.2, 0) is 10.2 Å². The van der Waals surface area contributed by atoms with Gasteiger partial charge in [-0.25, -0.2) is 0 Å². The van der Waals surface area contributed by atoms with E-state index < -0.39 is 0 Å². The number of aliphatic hydroxyl groups is 1. The highest BCUT2D eigenvalue weighted by Crippen LogP contribution is 2.50. The first-order valence-electron chi connectivity index (χ1n) is 6.11. The topological polar surface area (TPSA) is 29.5 Å². The van der Waals surface area contributed by atoms with Crippen LogP contribution in [0, 0.1) is 0 Å². The van der Waals surface area contributed by atoms with E-state index in [2.05, 4.69) is 19.1 Å². The number of rotatable bonds is 6. The van der Waals surface area contributed by atoms with Gasteiger partial charge in [0.1, 0.15) is 0 Å². The fourth-order valence-electron chi connectivity index (χ4n) is 2.22. The first-order valence-corrected chi connectivity index (χ1v) is 6.11. The number of hydrogen-bond donors (Lipinski definition) is 1. The molecule has 1 fully saturated rings. The molecule has 16 heavy (non-hydrogen) atoms. The van der Waals surface area contributed by atoms with Gasteiger partial charge < -0.3 is 9.84 Å². The van der Waals surface area contributed by atoms with Crippen molar-refractivity contribution in [3.63, 3.8) is 0 Å². The second kappa shape index (κ2) is 4.98. The first-order chi connectivity index (χ1) is 7.79. The maximum absolute atomic E-state index is 10.2. The Morgan fingerprint density at radius 2 is 2.00 bits per heavy atom. The SMILES string of the molecule is CCCOCC(O)C1(c2ccccc2)CC1. The van der Waals surface area contributed by atoms with E-state index in [0.717, 1.165) is 25.9 Å². The van der Waals surface area contributed by atoms with Gasteiger partial charge in [-0.1, -0.05) is 37.3 Å². The highest BCUT2D eigenvalue weighted by atomic mass is 16.5. The molecule has 0 saturated heterocycles. The molecular weight excluding hydrogens is 200 g/mol. The molecule has 1 unspecified atom stereocenters. The van der Waals surface area contributed by atoms with Crippen LogP contribution in [0.15, 0.2) is 30.3 Å². The van der Waals surface area contributed by atoms with Gasteiger partial charge in [0, 0.05) is 12.0 Å². The Morgan fingerprint density at radius 1 is 1.31 bits per heavy atom. The maximum atomic E-state index is 10.2. The van der Waals surface area contributed by atoms with Crippen molar-refractivity contribution in [2.24, 2.45) is 0 Å². The molecule has 0 bridgehead atoms. The van der Waals surface area contributed by atoms with Crippen molar-refractivity contribution in [3.8, 4) is 0 Å². The van der Waals surface area contributed by atoms with Crippen LogP contribution >= 0.6 is 0 Å². The van der Waals surface area contributed by atoms with Crippen LogP contribution in [-0.4, -0.2) is 24.4 Å². The summed E-state index contributed by atoms with van der Waals surface area (Å²) in [6.07, 6.45) is 2.80. The molecule has 1 atom stereocenters. The van der Waals surface area contributed by atoms with Crippen LogP contribution in [0.1, 0.15) is 31.7 Å². The van der Waals surface area contributed by atoms with Crippen LogP contribution in [0.2, 0.25) is 0 Å². The Bertz CT molecular complexity index is 317. The molecule has 0 radical (unpaired) electrons. The van der Waals surface area contributed by atoms with E-state index in [9.17, 15) is 5.11 Å². The van der Waals surface area contributed by atoms with Crippen molar-refractivity contribution in [1.29, 1.82) is 0 Å². The Kier molecular flexibility index (Phi) is 3.62. The summed E-state index contributed by atoms with van der Waals surface area (Å²) in [5.41, 5.74) is 1.23. The van der Waals surface area contributed by atoms with Gasteiger partial charge in [-0.05, 0) is 24.8 Å². The van der Waals surface area contributed by atoms with E-state index in [-0.39, 0.29) is 11.5 Å². The van der Waals surface area contributed by atoms with E-state index in [0.29, 0.717) is 6.61 Å². The molecule has 1 aromatic carbocycles. The number of benzene rings is 1. The lowest BCUT2D eigenvalue weighted by atomic mass is 9.90. The fourth-order valence-corrected chi connectivity index (χ4v) is 2.22. The summed E-state index contributed by atoms with van der Waals surface area (Å²) in [4.78, 5) is 0. The molecular formula is C14H20O2. The molecule has 2 rings (SSSR count). The van der Waals surface area contributed by atoms with Crippen LogP contribution in [0.5, 0.6) is 0 Å². The molecule has 0 amide bonds. The van der Waals surface area contributed by atoms with Gasteiger partial charge in [-0.15, -0.1) is 0 Å². The van der Waals surface area contributed by atoms with Gasteiger partial charge in [-0.3, -0.25) is 0 Å². The molecule has 0 spiro atoms. The molecule has 1 aliphatic rings. The minimum absolute atomic E-state index is 0.0188. The number of ether oxygens (including phenoxy) is 1. The van der Waals surface area contributed by atoms with Gasteiger partial charge in [-0.2, -0.15) is 0 Å². The molecule has 1 aliphatic carbocycles.